The standard InChI is InChI=1S/C24H23NO5/c1-2-28-17-6-3-14(4-7-17)16-9-19-24(20(26)10-16)18(12-23(27)25-19)15-5-8-21-22(11-15)30-13-29-21/h3-8,11,16,18H,2,9-10,12-13H2,1H3,(H,25,27)/t16-,18-/m1/s1. The number of ketones is 1. The third-order valence-corrected chi connectivity index (χ3v) is 6.00. The number of ether oxygens (including phenoxy) is 3. The van der Waals surface area contributed by atoms with Crippen molar-refractivity contribution in [1.29, 1.82) is 0 Å². The Balaban J connectivity index is 1.45. The van der Waals surface area contributed by atoms with E-state index in [-0.39, 0.29) is 36.7 Å². The Morgan fingerprint density at radius 1 is 0.967 bits per heavy atom. The van der Waals surface area contributed by atoms with Gasteiger partial charge in [-0.15, -0.1) is 0 Å². The fourth-order valence-electron chi connectivity index (χ4n) is 4.61. The van der Waals surface area contributed by atoms with E-state index in [9.17, 15) is 9.59 Å². The molecule has 0 unspecified atom stereocenters. The van der Waals surface area contributed by atoms with E-state index in [0.717, 1.165) is 28.1 Å². The summed E-state index contributed by atoms with van der Waals surface area (Å²) in [5, 5.41) is 2.97. The van der Waals surface area contributed by atoms with Gasteiger partial charge in [0.15, 0.2) is 17.3 Å². The number of rotatable bonds is 4. The zero-order valence-electron chi connectivity index (χ0n) is 16.8. The minimum atomic E-state index is -0.253. The minimum Gasteiger partial charge on any atom is -0.494 e. The van der Waals surface area contributed by atoms with E-state index in [0.29, 0.717) is 30.9 Å². The Morgan fingerprint density at radius 2 is 1.73 bits per heavy atom. The predicted molar refractivity (Wildman–Crippen MR) is 110 cm³/mol. The van der Waals surface area contributed by atoms with Gasteiger partial charge in [0.25, 0.3) is 0 Å². The third kappa shape index (κ3) is 3.32. The number of carbonyl (C=O) groups excluding carboxylic acids is 2. The SMILES string of the molecule is CCOc1ccc([C@H]2CC(=O)C3=C(C2)NC(=O)C[C@@H]3c2ccc3c(c2)OCO3)cc1. The molecule has 0 saturated heterocycles. The topological polar surface area (TPSA) is 73.9 Å². The van der Waals surface area contributed by atoms with Gasteiger partial charge in [-0.1, -0.05) is 18.2 Å². The number of fused-ring (bicyclic) bond motifs is 1. The van der Waals surface area contributed by atoms with Crippen LogP contribution in [0.25, 0.3) is 0 Å². The summed E-state index contributed by atoms with van der Waals surface area (Å²) in [7, 11) is 0. The number of carbonyl (C=O) groups is 2. The summed E-state index contributed by atoms with van der Waals surface area (Å²) in [5.41, 5.74) is 3.48. The van der Waals surface area contributed by atoms with Crippen LogP contribution in [0.1, 0.15) is 49.1 Å². The van der Waals surface area contributed by atoms with Gasteiger partial charge in [0.2, 0.25) is 12.7 Å². The summed E-state index contributed by atoms with van der Waals surface area (Å²) in [6, 6.07) is 13.5. The van der Waals surface area contributed by atoms with Crippen LogP contribution in [0.15, 0.2) is 53.7 Å². The molecule has 0 fully saturated rings. The van der Waals surface area contributed by atoms with Crippen molar-refractivity contribution in [2.45, 2.75) is 38.0 Å². The molecule has 6 nitrogen and oxygen atoms in total. The molecule has 6 heteroatoms. The van der Waals surface area contributed by atoms with Crippen molar-refractivity contribution in [1.82, 2.24) is 5.32 Å². The lowest BCUT2D eigenvalue weighted by atomic mass is 9.73. The van der Waals surface area contributed by atoms with Crippen molar-refractivity contribution >= 4 is 11.7 Å². The zero-order valence-corrected chi connectivity index (χ0v) is 16.8. The number of benzene rings is 2. The number of Topliss-reactive ketones (excluding diaryl/α,β-unsaturated/α-hetero) is 1. The highest BCUT2D eigenvalue weighted by Gasteiger charge is 2.38. The zero-order chi connectivity index (χ0) is 20.7. The molecule has 2 aliphatic heterocycles. The van der Waals surface area contributed by atoms with Crippen LogP contribution in [-0.2, 0) is 9.59 Å². The van der Waals surface area contributed by atoms with E-state index in [4.69, 9.17) is 14.2 Å². The number of hydrogen-bond donors (Lipinski definition) is 1. The fourth-order valence-corrected chi connectivity index (χ4v) is 4.61. The maximum Gasteiger partial charge on any atom is 0.231 e. The molecule has 5 rings (SSSR count). The molecule has 1 N–H and O–H groups in total. The van der Waals surface area contributed by atoms with Crippen LogP contribution in [0.2, 0.25) is 0 Å². The highest BCUT2D eigenvalue weighted by Crippen LogP contribution is 2.44. The molecular weight excluding hydrogens is 382 g/mol. The van der Waals surface area contributed by atoms with Gasteiger partial charge in [-0.3, -0.25) is 9.59 Å². The van der Waals surface area contributed by atoms with E-state index >= 15 is 0 Å². The van der Waals surface area contributed by atoms with E-state index in [1.165, 1.54) is 0 Å². The Labute approximate surface area is 174 Å². The Hall–Kier alpha value is -3.28. The summed E-state index contributed by atoms with van der Waals surface area (Å²) >= 11 is 0. The second-order valence-corrected chi connectivity index (χ2v) is 7.84. The maximum atomic E-state index is 13.2. The van der Waals surface area contributed by atoms with E-state index in [1.807, 2.05) is 49.4 Å². The Morgan fingerprint density at radius 3 is 2.53 bits per heavy atom. The van der Waals surface area contributed by atoms with Gasteiger partial charge < -0.3 is 19.5 Å². The second kappa shape index (κ2) is 7.52. The summed E-state index contributed by atoms with van der Waals surface area (Å²) in [5.74, 6) is 2.00. The molecule has 2 atom stereocenters. The first-order valence-corrected chi connectivity index (χ1v) is 10.3. The Kier molecular flexibility index (Phi) is 4.69. The van der Waals surface area contributed by atoms with Crippen LogP contribution >= 0.6 is 0 Å². The predicted octanol–water partition coefficient (Wildman–Crippen LogP) is 3.82. The largest absolute Gasteiger partial charge is 0.494 e. The summed E-state index contributed by atoms with van der Waals surface area (Å²) in [6.07, 6.45) is 1.34. The lowest BCUT2D eigenvalue weighted by molar-refractivity contribution is -0.122. The van der Waals surface area contributed by atoms with Crippen LogP contribution < -0.4 is 19.5 Å². The van der Waals surface area contributed by atoms with E-state index in [1.54, 1.807) is 0 Å². The van der Waals surface area contributed by atoms with E-state index in [2.05, 4.69) is 5.32 Å². The van der Waals surface area contributed by atoms with Crippen molar-refractivity contribution in [3.05, 3.63) is 64.9 Å². The number of amides is 1. The average Bonchev–Trinajstić information content (AvgIpc) is 3.21. The van der Waals surface area contributed by atoms with Gasteiger partial charge in [-0.2, -0.15) is 0 Å². The van der Waals surface area contributed by atoms with Crippen molar-refractivity contribution in [2.75, 3.05) is 13.4 Å². The molecule has 1 aliphatic carbocycles. The minimum absolute atomic E-state index is 0.0442. The maximum absolute atomic E-state index is 13.2. The van der Waals surface area contributed by atoms with Crippen LogP contribution in [0.4, 0.5) is 0 Å². The van der Waals surface area contributed by atoms with Gasteiger partial charge in [0.05, 0.1) is 6.61 Å². The summed E-state index contributed by atoms with van der Waals surface area (Å²) < 4.78 is 16.4. The van der Waals surface area contributed by atoms with Crippen molar-refractivity contribution in [3.8, 4) is 17.2 Å². The first kappa shape index (κ1) is 18.7. The number of hydrogen-bond acceptors (Lipinski definition) is 5. The molecule has 0 radical (unpaired) electrons. The molecule has 0 bridgehead atoms. The fraction of sp³-hybridized carbons (Fsp3) is 0.333. The molecule has 30 heavy (non-hydrogen) atoms. The molecule has 0 aromatic heterocycles. The molecule has 2 aromatic rings. The van der Waals surface area contributed by atoms with Gasteiger partial charge in [0, 0.05) is 30.0 Å². The normalized spacial score (nSPS) is 22.6. The smallest absolute Gasteiger partial charge is 0.231 e. The van der Waals surface area contributed by atoms with E-state index < -0.39 is 0 Å². The quantitative estimate of drug-likeness (QED) is 0.837. The lowest BCUT2D eigenvalue weighted by Gasteiger charge is -2.34. The highest BCUT2D eigenvalue weighted by molar-refractivity contribution is 6.02. The summed E-state index contributed by atoms with van der Waals surface area (Å²) in [6.45, 7) is 2.76. The highest BCUT2D eigenvalue weighted by atomic mass is 16.7. The van der Waals surface area contributed by atoms with Crippen LogP contribution in [0, 0.1) is 0 Å². The number of allylic oxidation sites excluding steroid dienone is 2. The van der Waals surface area contributed by atoms with Gasteiger partial charge in [-0.25, -0.2) is 0 Å². The molecule has 2 aromatic carbocycles. The monoisotopic (exact) mass is 405 g/mol. The molecular formula is C24H23NO5. The van der Waals surface area contributed by atoms with Crippen molar-refractivity contribution in [3.63, 3.8) is 0 Å². The van der Waals surface area contributed by atoms with Gasteiger partial charge in [-0.05, 0) is 54.7 Å². The van der Waals surface area contributed by atoms with Crippen molar-refractivity contribution < 1.29 is 23.8 Å². The molecule has 2 heterocycles. The molecule has 0 saturated carbocycles. The van der Waals surface area contributed by atoms with Gasteiger partial charge in [0.1, 0.15) is 5.75 Å². The first-order chi connectivity index (χ1) is 14.6. The first-order valence-electron chi connectivity index (χ1n) is 10.3. The molecule has 154 valence electrons. The average molecular weight is 405 g/mol. The molecule has 1 amide bonds. The lowest BCUT2D eigenvalue weighted by Crippen LogP contribution is -2.38. The molecule has 0 spiro atoms. The Bertz CT molecular complexity index is 1040. The van der Waals surface area contributed by atoms with Crippen molar-refractivity contribution in [2.24, 2.45) is 0 Å². The van der Waals surface area contributed by atoms with Crippen LogP contribution in [0.5, 0.6) is 17.2 Å². The summed E-state index contributed by atoms with van der Waals surface area (Å²) in [4.78, 5) is 25.7. The second-order valence-electron chi connectivity index (χ2n) is 7.84. The van der Waals surface area contributed by atoms with Gasteiger partial charge >= 0.3 is 0 Å². The van der Waals surface area contributed by atoms with Crippen LogP contribution in [0.3, 0.4) is 0 Å². The molecule has 3 aliphatic rings. The third-order valence-electron chi connectivity index (χ3n) is 6.00. The van der Waals surface area contributed by atoms with Crippen LogP contribution in [-0.4, -0.2) is 25.1 Å². The number of nitrogens with one attached hydrogen (secondary N) is 1.